The molecule has 14 bridgehead atoms. The van der Waals surface area contributed by atoms with Crippen molar-refractivity contribution in [1.29, 1.82) is 0 Å². The van der Waals surface area contributed by atoms with Gasteiger partial charge in [-0.15, -0.1) is 0 Å². The summed E-state index contributed by atoms with van der Waals surface area (Å²) >= 11 is 0. The van der Waals surface area contributed by atoms with Gasteiger partial charge in [-0.05, 0) is 0 Å². The van der Waals surface area contributed by atoms with Crippen LogP contribution < -0.4 is 5.73 Å². The minimum Gasteiger partial charge on any atom is -0.394 e. The lowest BCUT2D eigenvalue weighted by atomic mass is 9.94. The van der Waals surface area contributed by atoms with Crippen molar-refractivity contribution in [3.63, 3.8) is 0 Å². The van der Waals surface area contributed by atoms with Crippen LogP contribution in [0.1, 0.15) is 0 Å². The Bertz CT molecular complexity index is 1470. The van der Waals surface area contributed by atoms with Gasteiger partial charge >= 0.3 is 0 Å². The van der Waals surface area contributed by atoms with Crippen LogP contribution in [0.2, 0.25) is 0 Å². The first kappa shape index (κ1) is 61.7. The van der Waals surface area contributed by atoms with Gasteiger partial charge in [0.05, 0.1) is 52.3 Å². The van der Waals surface area contributed by atoms with E-state index < -0.39 is 261 Å². The van der Waals surface area contributed by atoms with Crippen molar-refractivity contribution in [3.8, 4) is 0 Å². The van der Waals surface area contributed by atoms with Gasteiger partial charge in [0, 0.05) is 0 Å². The third-order valence-electron chi connectivity index (χ3n) is 14.9. The fourth-order valence-corrected chi connectivity index (χ4v) is 10.5. The Morgan fingerprint density at radius 2 is 0.338 bits per heavy atom. The first-order valence-corrected chi connectivity index (χ1v) is 24.7. The largest absolute Gasteiger partial charge is 0.394 e. The molecule has 35 nitrogen and oxygen atoms in total. The van der Waals surface area contributed by atoms with Gasteiger partial charge in [0.1, 0.15) is 165 Å². The first-order valence-electron chi connectivity index (χ1n) is 24.7. The molecule has 0 amide bonds. The van der Waals surface area contributed by atoms with Crippen molar-refractivity contribution in [2.75, 3.05) is 46.2 Å². The van der Waals surface area contributed by atoms with E-state index in [-0.39, 0.29) is 0 Å². The molecule has 35 atom stereocenters. The van der Waals surface area contributed by atoms with Crippen LogP contribution in [0.3, 0.4) is 0 Å². The Hall–Kier alpha value is -1.40. The molecule has 0 aliphatic carbocycles. The van der Waals surface area contributed by atoms with Gasteiger partial charge in [0.2, 0.25) is 0 Å². The number of hydrogen-bond donors (Lipinski definition) is 21. The molecule has 15 saturated heterocycles. The van der Waals surface area contributed by atoms with Crippen LogP contribution in [0.25, 0.3) is 0 Å². The molecule has 35 heteroatoms. The van der Waals surface area contributed by atoms with Crippen LogP contribution in [-0.2, 0) is 66.3 Å². The number of nitrogens with two attached hydrogens (primary N) is 1. The molecule has 0 spiro atoms. The topological polar surface area (TPSA) is 560 Å². The fraction of sp³-hybridized carbons (Fsp3) is 1.00. The lowest BCUT2D eigenvalue weighted by molar-refractivity contribution is -0.396. The standard InChI is InChI=1S/C42H71NO34/c43-15-16(51)29-8(1-44)64-36(15)71-30-9(2-45)65-38(23(58)17(30)52)73-32-11(4-47)67-40(25(60)19(32)54)75-34-13(6-49)69-42(27(62)21(34)56)77-35-14(7-50)70-41(28(63)22(35)57)76-33-12(5-48)68-39(26(61)20(33)55)74-31-10(3-46)66-37(72-29)24(59)18(31)53/h8-42,44-63H,1-7,43H2/t8-,9-,10-,11-,12-,13-,14-,15-,16-,17-,18+,19-,20+,21-,22+,23-,24+,25-,26+,27-,28+,29-,30-,31-,32-,33-,34-,35-,36-,37-,38-,39-,40-,41-,42-/m1/s1. The van der Waals surface area contributed by atoms with Crippen LogP contribution in [0.4, 0.5) is 0 Å². The minimum atomic E-state index is -2.20. The highest BCUT2D eigenvalue weighted by atomic mass is 16.8. The van der Waals surface area contributed by atoms with Crippen LogP contribution in [-0.4, -0.2) is 363 Å². The average Bonchev–Trinajstić information content (AvgIpc) is 3.42. The third kappa shape index (κ3) is 12.1. The van der Waals surface area contributed by atoms with E-state index in [1.807, 2.05) is 0 Å². The summed E-state index contributed by atoms with van der Waals surface area (Å²) in [6, 6.07) is -1.71. The zero-order chi connectivity index (χ0) is 56.1. The number of aliphatic hydroxyl groups excluding tert-OH is 20. The predicted octanol–water partition coefficient (Wildman–Crippen LogP) is -15.3. The highest BCUT2D eigenvalue weighted by molar-refractivity contribution is 5.02. The molecule has 22 N–H and O–H groups in total. The normalized spacial score (nSPS) is 55.4. The van der Waals surface area contributed by atoms with Crippen molar-refractivity contribution in [1.82, 2.24) is 0 Å². The summed E-state index contributed by atoms with van der Waals surface area (Å²) in [7, 11) is 0. The summed E-state index contributed by atoms with van der Waals surface area (Å²) in [6.45, 7) is -7.17. The van der Waals surface area contributed by atoms with Crippen molar-refractivity contribution < 1.29 is 168 Å². The molecule has 448 valence electrons. The maximum Gasteiger partial charge on any atom is 0.187 e. The highest BCUT2D eigenvalue weighted by Crippen LogP contribution is 2.38. The van der Waals surface area contributed by atoms with Gasteiger partial charge in [-0.2, -0.15) is 0 Å². The maximum atomic E-state index is 11.4. The molecule has 15 aliphatic heterocycles. The summed E-state index contributed by atoms with van der Waals surface area (Å²) in [5.74, 6) is 0. The number of ether oxygens (including phenoxy) is 14. The molecule has 15 rings (SSSR count). The molecule has 0 aromatic rings. The lowest BCUT2D eigenvalue weighted by Crippen LogP contribution is -2.69. The molecule has 0 unspecified atom stereocenters. The number of rotatable bonds is 7. The predicted molar refractivity (Wildman–Crippen MR) is 230 cm³/mol. The van der Waals surface area contributed by atoms with E-state index in [1.165, 1.54) is 0 Å². The second-order valence-corrected chi connectivity index (χ2v) is 19.7. The van der Waals surface area contributed by atoms with Crippen LogP contribution >= 0.6 is 0 Å². The molecule has 15 aliphatic rings. The summed E-state index contributed by atoms with van der Waals surface area (Å²) in [6.07, 6.45) is -66.7. The van der Waals surface area contributed by atoms with Gasteiger partial charge in [-0.1, -0.05) is 0 Å². The minimum absolute atomic E-state index is 0.991. The molecule has 77 heavy (non-hydrogen) atoms. The third-order valence-corrected chi connectivity index (χ3v) is 14.9. The Morgan fingerprint density at radius 1 is 0.195 bits per heavy atom. The number of fused-ring (bicyclic) bond motifs is 7. The van der Waals surface area contributed by atoms with Gasteiger partial charge < -0.3 is 174 Å². The van der Waals surface area contributed by atoms with Crippen LogP contribution in [0, 0.1) is 0 Å². The first-order chi connectivity index (χ1) is 36.7. The van der Waals surface area contributed by atoms with Crippen LogP contribution in [0.5, 0.6) is 0 Å². The van der Waals surface area contributed by atoms with E-state index in [2.05, 4.69) is 0 Å². The molecule has 15 fully saturated rings. The summed E-state index contributed by atoms with van der Waals surface area (Å²) < 4.78 is 80.0. The second-order valence-electron chi connectivity index (χ2n) is 19.7. The molecular formula is C42H71NO34. The SMILES string of the molecule is N[C@H]1[C@H]2O[C@H]3[C@H](O)[C@@H](O)[C@@H](O[C@H]4[C@H](O)[C@@H](O)[C@@H](O[C@H]5[C@H](O)[C@@H](O)[C@@H](O[C@H]6[C@@H](O)[C@H](O)[C@@H](O[C@H]7[C@@H](O)[C@H](O)[C@@H](O[C@H]8[C@@H](O)[C@H](O)[C@@H](O[C@@H]([C@@H]1O)[C@@H](CO)O2)O[C@@H]8CO)O[C@@H]7CO)O[C@@H]6CO)O[C@@H]5CO)O[C@@H]4CO)O[C@@H]3CO. The van der Waals surface area contributed by atoms with Crippen LogP contribution in [0.15, 0.2) is 0 Å². The smallest absolute Gasteiger partial charge is 0.187 e. The summed E-state index contributed by atoms with van der Waals surface area (Å²) in [4.78, 5) is 0. The molecule has 0 aromatic heterocycles. The Balaban J connectivity index is 1.08. The van der Waals surface area contributed by atoms with E-state index in [9.17, 15) is 102 Å². The molecule has 0 aromatic carbocycles. The molecular weight excluding hydrogens is 1060 g/mol. The Labute approximate surface area is 434 Å². The number of hydrogen-bond acceptors (Lipinski definition) is 35. The fourth-order valence-electron chi connectivity index (χ4n) is 10.5. The van der Waals surface area contributed by atoms with E-state index in [4.69, 9.17) is 72.0 Å². The van der Waals surface area contributed by atoms with Gasteiger partial charge in [0.15, 0.2) is 44.0 Å². The van der Waals surface area contributed by atoms with E-state index in [0.717, 1.165) is 0 Å². The van der Waals surface area contributed by atoms with E-state index in [1.54, 1.807) is 0 Å². The molecule has 0 radical (unpaired) electrons. The Morgan fingerprint density at radius 3 is 0.506 bits per heavy atom. The van der Waals surface area contributed by atoms with Crippen molar-refractivity contribution in [3.05, 3.63) is 0 Å². The maximum absolute atomic E-state index is 11.4. The Kier molecular flexibility index (Phi) is 20.8. The molecule has 15 heterocycles. The van der Waals surface area contributed by atoms with E-state index in [0.29, 0.717) is 0 Å². The number of aliphatic hydroxyl groups is 20. The molecule has 0 saturated carbocycles. The quantitative estimate of drug-likeness (QED) is 0.113. The van der Waals surface area contributed by atoms with Crippen molar-refractivity contribution in [2.45, 2.75) is 215 Å². The summed E-state index contributed by atoms with van der Waals surface area (Å²) in [5.41, 5.74) is 6.29. The van der Waals surface area contributed by atoms with Crippen molar-refractivity contribution in [2.24, 2.45) is 5.73 Å². The zero-order valence-electron chi connectivity index (χ0n) is 40.4. The lowest BCUT2D eigenvalue weighted by Gasteiger charge is -2.50. The summed E-state index contributed by atoms with van der Waals surface area (Å²) in [5, 5.41) is 219. The van der Waals surface area contributed by atoms with Gasteiger partial charge in [0.25, 0.3) is 0 Å². The zero-order valence-corrected chi connectivity index (χ0v) is 40.4. The van der Waals surface area contributed by atoms with Gasteiger partial charge in [-0.3, -0.25) is 0 Å². The average molecular weight is 1130 g/mol. The second kappa shape index (κ2) is 26.0. The van der Waals surface area contributed by atoms with Gasteiger partial charge in [-0.25, -0.2) is 0 Å². The monoisotopic (exact) mass is 1130 g/mol. The van der Waals surface area contributed by atoms with E-state index >= 15 is 0 Å². The van der Waals surface area contributed by atoms with Crippen molar-refractivity contribution >= 4 is 0 Å². The highest BCUT2D eigenvalue weighted by Gasteiger charge is 2.59.